The maximum Gasteiger partial charge on any atom is 0.0780 e. The number of fused-ring (bicyclic) bond motifs is 5. The monoisotopic (exact) mass is 668 g/mol. The van der Waals surface area contributed by atoms with Crippen LogP contribution < -0.4 is 10.4 Å². The van der Waals surface area contributed by atoms with E-state index >= 15 is 0 Å². The molecule has 2 heteroatoms. The molecule has 4 aromatic rings. The Morgan fingerprint density at radius 2 is 1.58 bits per heavy atom. The first-order valence-electron chi connectivity index (χ1n) is 18.8. The van der Waals surface area contributed by atoms with Crippen molar-refractivity contribution in [1.29, 1.82) is 0 Å². The second-order valence-corrected chi connectivity index (χ2v) is 14.9. The van der Waals surface area contributed by atoms with E-state index in [9.17, 15) is 0 Å². The molecule has 52 heavy (non-hydrogen) atoms. The molecule has 6 aliphatic rings. The van der Waals surface area contributed by atoms with E-state index in [2.05, 4.69) is 165 Å². The normalized spacial score (nSPS) is 23.6. The lowest BCUT2D eigenvalue weighted by Gasteiger charge is -2.27. The van der Waals surface area contributed by atoms with Gasteiger partial charge in [0, 0.05) is 29.8 Å². The molecular weight excluding hydrogens is 629 g/mol. The van der Waals surface area contributed by atoms with Gasteiger partial charge in [-0.25, -0.2) is 0 Å². The maximum absolute atomic E-state index is 5.02. The van der Waals surface area contributed by atoms with Crippen molar-refractivity contribution in [3.8, 4) is 11.1 Å². The largest absolute Gasteiger partial charge is 0.284 e. The zero-order valence-electron chi connectivity index (χ0n) is 29.4. The van der Waals surface area contributed by atoms with Crippen molar-refractivity contribution in [2.45, 2.75) is 32.2 Å². The van der Waals surface area contributed by atoms with Crippen molar-refractivity contribution in [2.75, 3.05) is 0 Å². The number of nitrogens with zero attached hydrogens (tertiary/aromatic N) is 2. The quantitative estimate of drug-likeness (QED) is 0.213. The highest BCUT2D eigenvalue weighted by molar-refractivity contribution is 6.10. The number of hydrogen-bond acceptors (Lipinski definition) is 2. The van der Waals surface area contributed by atoms with E-state index in [1.807, 2.05) is 6.21 Å². The number of aromatic nitrogens is 1. The number of allylic oxidation sites excluding steroid dienone is 14. The molecule has 0 N–H and O–H groups in total. The van der Waals surface area contributed by atoms with E-state index < -0.39 is 0 Å². The molecule has 5 aliphatic carbocycles. The lowest BCUT2D eigenvalue weighted by atomic mass is 9.77. The van der Waals surface area contributed by atoms with E-state index in [1.165, 1.54) is 71.3 Å². The highest BCUT2D eigenvalue weighted by Gasteiger charge is 2.26. The minimum atomic E-state index is 0.198. The van der Waals surface area contributed by atoms with Gasteiger partial charge < -0.3 is 0 Å². The van der Waals surface area contributed by atoms with Gasteiger partial charge in [0.15, 0.2) is 0 Å². The van der Waals surface area contributed by atoms with Gasteiger partial charge in [0.05, 0.1) is 11.7 Å². The fourth-order valence-corrected chi connectivity index (χ4v) is 8.84. The molecule has 0 radical (unpaired) electrons. The molecule has 2 nitrogen and oxygen atoms in total. The SMILES string of the molecule is CC1C=c2c(-c3ccc4ccccc4c3)c3c(c(C4=CC=CC5C=CC=CC5=C4)c2=CC1)CCC(c1ccc(C2=CC4C=CC=CC4N=C2)nc1)=C3. The first-order valence-corrected chi connectivity index (χ1v) is 18.8. The third-order valence-corrected chi connectivity index (χ3v) is 11.5. The van der Waals surface area contributed by atoms with Crippen LogP contribution in [0.3, 0.4) is 0 Å². The molecule has 0 bridgehead atoms. The average Bonchev–Trinajstić information content (AvgIpc) is 3.42. The molecule has 0 saturated carbocycles. The van der Waals surface area contributed by atoms with Gasteiger partial charge in [-0.15, -0.1) is 0 Å². The van der Waals surface area contributed by atoms with Crippen molar-refractivity contribution >= 4 is 51.9 Å². The van der Waals surface area contributed by atoms with Crippen LogP contribution in [0.25, 0.3) is 56.8 Å². The fraction of sp³-hybridized carbons (Fsp3) is 0.160. The van der Waals surface area contributed by atoms with Crippen LogP contribution in [-0.4, -0.2) is 17.2 Å². The number of rotatable bonds is 4. The second kappa shape index (κ2) is 12.7. The number of dihydropyridines is 1. The van der Waals surface area contributed by atoms with Crippen LogP contribution in [0, 0.1) is 17.8 Å². The first-order chi connectivity index (χ1) is 25.7. The molecule has 10 rings (SSSR count). The maximum atomic E-state index is 5.02. The zero-order valence-corrected chi connectivity index (χ0v) is 29.4. The summed E-state index contributed by atoms with van der Waals surface area (Å²) in [5, 5.41) is 5.30. The van der Waals surface area contributed by atoms with Crippen molar-refractivity contribution in [3.05, 3.63) is 184 Å². The van der Waals surface area contributed by atoms with Crippen molar-refractivity contribution in [1.82, 2.24) is 4.98 Å². The van der Waals surface area contributed by atoms with Gasteiger partial charge in [-0.1, -0.05) is 147 Å². The molecule has 0 spiro atoms. The molecule has 4 atom stereocenters. The summed E-state index contributed by atoms with van der Waals surface area (Å²) in [6, 6.07) is 20.4. The molecule has 2 heterocycles. The van der Waals surface area contributed by atoms with Gasteiger partial charge in [0.2, 0.25) is 0 Å². The molecule has 250 valence electrons. The van der Waals surface area contributed by atoms with E-state index in [1.54, 1.807) is 0 Å². The van der Waals surface area contributed by atoms with Crippen molar-refractivity contribution in [3.63, 3.8) is 0 Å². The molecule has 1 aliphatic heterocycles. The summed E-state index contributed by atoms with van der Waals surface area (Å²) in [6.07, 6.45) is 43.8. The standard InChI is InChI=1S/C50H40N2/c1-32-17-22-43-45(25-32)50(40-19-18-34-10-3-5-12-36(34)27-40)46-29-37(20-23-44(46)49(43)39-15-8-14-33-9-2-4-11-35(33)26-39)41-21-24-48(51-30-41)42-28-38-13-6-7-16-47(38)52-31-42/h2-16,18-19,21-22,24-33,38,47H,17,20,23H2,1H3. The van der Waals surface area contributed by atoms with Crippen molar-refractivity contribution in [2.24, 2.45) is 22.7 Å². The van der Waals surface area contributed by atoms with Gasteiger partial charge in [-0.3, -0.25) is 9.98 Å². The highest BCUT2D eigenvalue weighted by atomic mass is 14.8. The average molecular weight is 669 g/mol. The Morgan fingerprint density at radius 1 is 0.712 bits per heavy atom. The first kappa shape index (κ1) is 30.9. The number of benzene rings is 3. The summed E-state index contributed by atoms with van der Waals surface area (Å²) in [4.78, 5) is 9.83. The molecule has 0 amide bonds. The van der Waals surface area contributed by atoms with Crippen LogP contribution in [-0.2, 0) is 6.42 Å². The van der Waals surface area contributed by atoms with Crippen LogP contribution in [0.15, 0.2) is 150 Å². The highest BCUT2D eigenvalue weighted by Crippen LogP contribution is 2.40. The Balaban J connectivity index is 1.16. The Kier molecular flexibility index (Phi) is 7.57. The summed E-state index contributed by atoms with van der Waals surface area (Å²) >= 11 is 0. The fourth-order valence-electron chi connectivity index (χ4n) is 8.84. The van der Waals surface area contributed by atoms with E-state index in [0.29, 0.717) is 17.8 Å². The van der Waals surface area contributed by atoms with E-state index in [-0.39, 0.29) is 6.04 Å². The molecule has 0 fully saturated rings. The summed E-state index contributed by atoms with van der Waals surface area (Å²) < 4.78 is 0. The number of hydrogen-bond donors (Lipinski definition) is 0. The Bertz CT molecular complexity index is 2610. The van der Waals surface area contributed by atoms with Crippen LogP contribution in [0.4, 0.5) is 0 Å². The minimum Gasteiger partial charge on any atom is -0.284 e. The van der Waals surface area contributed by atoms with Gasteiger partial charge in [0.25, 0.3) is 0 Å². The van der Waals surface area contributed by atoms with Gasteiger partial charge in [0.1, 0.15) is 0 Å². The second-order valence-electron chi connectivity index (χ2n) is 14.9. The number of pyridine rings is 1. The minimum absolute atomic E-state index is 0.198. The Labute approximate surface area is 305 Å². The van der Waals surface area contributed by atoms with Crippen LogP contribution in [0.2, 0.25) is 0 Å². The molecule has 4 unspecified atom stereocenters. The van der Waals surface area contributed by atoms with Crippen LogP contribution in [0.5, 0.6) is 0 Å². The number of aliphatic imine (C=N–C) groups is 1. The molecular formula is C50H40N2. The summed E-state index contributed by atoms with van der Waals surface area (Å²) in [5.41, 5.74) is 14.1. The van der Waals surface area contributed by atoms with Crippen molar-refractivity contribution < 1.29 is 0 Å². The van der Waals surface area contributed by atoms with Crippen LogP contribution in [0.1, 0.15) is 47.7 Å². The predicted molar refractivity (Wildman–Crippen MR) is 221 cm³/mol. The van der Waals surface area contributed by atoms with Gasteiger partial charge in [-0.05, 0) is 109 Å². The lowest BCUT2D eigenvalue weighted by molar-refractivity contribution is 0.685. The molecule has 1 aromatic heterocycles. The summed E-state index contributed by atoms with van der Waals surface area (Å²) in [5.74, 6) is 1.07. The van der Waals surface area contributed by atoms with Gasteiger partial charge >= 0.3 is 0 Å². The summed E-state index contributed by atoms with van der Waals surface area (Å²) in [6.45, 7) is 2.35. The Hall–Kier alpha value is -5.86. The van der Waals surface area contributed by atoms with Gasteiger partial charge in [-0.2, -0.15) is 0 Å². The topological polar surface area (TPSA) is 25.2 Å². The van der Waals surface area contributed by atoms with E-state index in [0.717, 1.165) is 30.5 Å². The lowest BCUT2D eigenvalue weighted by Crippen LogP contribution is -2.36. The Morgan fingerprint density at radius 3 is 2.50 bits per heavy atom. The predicted octanol–water partition coefficient (Wildman–Crippen LogP) is 10.2. The summed E-state index contributed by atoms with van der Waals surface area (Å²) in [7, 11) is 0. The third kappa shape index (κ3) is 5.42. The smallest absolute Gasteiger partial charge is 0.0780 e. The molecule has 0 saturated heterocycles. The van der Waals surface area contributed by atoms with Crippen LogP contribution >= 0.6 is 0 Å². The zero-order chi connectivity index (χ0) is 34.6. The molecule has 3 aromatic carbocycles. The third-order valence-electron chi connectivity index (χ3n) is 11.5. The van der Waals surface area contributed by atoms with E-state index in [4.69, 9.17) is 9.98 Å².